The number of carbonyl (C=O) groups excluding carboxylic acids is 1. The SMILES string of the molecule is Cc1ccc(CSc2nc3c(c(=O)[nH]2)C(c2cccc([N+](=O)[O-])c2)C2=C(CCCC2=O)N3)cc1. The van der Waals surface area contributed by atoms with Crippen LogP contribution in [-0.4, -0.2) is 20.7 Å². The van der Waals surface area contributed by atoms with Gasteiger partial charge in [0.25, 0.3) is 11.2 Å². The molecule has 0 spiro atoms. The van der Waals surface area contributed by atoms with E-state index < -0.39 is 10.8 Å². The van der Waals surface area contributed by atoms with Crippen molar-refractivity contribution in [2.75, 3.05) is 5.32 Å². The maximum absolute atomic E-state index is 13.3. The monoisotopic (exact) mass is 474 g/mol. The smallest absolute Gasteiger partial charge is 0.269 e. The number of anilines is 1. The van der Waals surface area contributed by atoms with Crippen LogP contribution < -0.4 is 10.9 Å². The topological polar surface area (TPSA) is 118 Å². The third-order valence-corrected chi connectivity index (χ3v) is 7.09. The third-order valence-electron chi connectivity index (χ3n) is 6.15. The first-order chi connectivity index (χ1) is 16.4. The number of nitro groups is 1. The van der Waals surface area contributed by atoms with Crippen LogP contribution in [0.1, 0.15) is 47.4 Å². The van der Waals surface area contributed by atoms with E-state index in [4.69, 9.17) is 0 Å². The maximum atomic E-state index is 13.3. The third kappa shape index (κ3) is 4.14. The van der Waals surface area contributed by atoms with Crippen molar-refractivity contribution in [3.05, 3.63) is 103 Å². The Morgan fingerprint density at radius 2 is 1.94 bits per heavy atom. The molecule has 0 saturated carbocycles. The highest BCUT2D eigenvalue weighted by Gasteiger charge is 2.38. The number of nitrogens with one attached hydrogen (secondary N) is 2. The molecule has 0 bridgehead atoms. The van der Waals surface area contributed by atoms with Crippen LogP contribution in [0.2, 0.25) is 0 Å². The number of rotatable bonds is 5. The van der Waals surface area contributed by atoms with Crippen LogP contribution in [-0.2, 0) is 10.5 Å². The van der Waals surface area contributed by atoms with Gasteiger partial charge in [0.1, 0.15) is 5.82 Å². The lowest BCUT2D eigenvalue weighted by Crippen LogP contribution is -2.32. The molecule has 0 saturated heterocycles. The van der Waals surface area contributed by atoms with E-state index in [9.17, 15) is 19.7 Å². The molecule has 3 aromatic rings. The maximum Gasteiger partial charge on any atom is 0.269 e. The summed E-state index contributed by atoms with van der Waals surface area (Å²) in [7, 11) is 0. The fourth-order valence-corrected chi connectivity index (χ4v) is 5.31. The summed E-state index contributed by atoms with van der Waals surface area (Å²) in [5, 5.41) is 15.1. The highest BCUT2D eigenvalue weighted by molar-refractivity contribution is 7.98. The van der Waals surface area contributed by atoms with Gasteiger partial charge in [-0.15, -0.1) is 0 Å². The Bertz CT molecular complexity index is 1390. The van der Waals surface area contributed by atoms with E-state index in [1.54, 1.807) is 12.1 Å². The van der Waals surface area contributed by atoms with Crippen molar-refractivity contribution in [2.45, 2.75) is 43.0 Å². The van der Waals surface area contributed by atoms with Crippen LogP contribution in [0.5, 0.6) is 0 Å². The van der Waals surface area contributed by atoms with E-state index >= 15 is 0 Å². The van der Waals surface area contributed by atoms with Gasteiger partial charge in [-0.05, 0) is 30.9 Å². The Balaban J connectivity index is 1.57. The summed E-state index contributed by atoms with van der Waals surface area (Å²) in [5.74, 6) is 0.294. The normalized spacial score (nSPS) is 17.1. The number of Topliss-reactive ketones (excluding diaryl/α,β-unsaturated/α-hetero) is 1. The van der Waals surface area contributed by atoms with Crippen molar-refractivity contribution in [3.8, 4) is 0 Å². The minimum absolute atomic E-state index is 0.0480. The minimum atomic E-state index is -0.702. The van der Waals surface area contributed by atoms with Crippen LogP contribution in [0.15, 0.2) is 69.8 Å². The zero-order chi connectivity index (χ0) is 23.8. The average molecular weight is 475 g/mol. The van der Waals surface area contributed by atoms with Gasteiger partial charge in [-0.3, -0.25) is 19.7 Å². The van der Waals surface area contributed by atoms with Gasteiger partial charge in [0.2, 0.25) is 0 Å². The Hall–Kier alpha value is -3.72. The van der Waals surface area contributed by atoms with Crippen molar-refractivity contribution >= 4 is 29.1 Å². The lowest BCUT2D eigenvalue weighted by molar-refractivity contribution is -0.384. The summed E-state index contributed by atoms with van der Waals surface area (Å²) in [6, 6.07) is 14.3. The number of hydrogen-bond acceptors (Lipinski definition) is 7. The summed E-state index contributed by atoms with van der Waals surface area (Å²) < 4.78 is 0. The Morgan fingerprint density at radius 1 is 1.15 bits per heavy atom. The quantitative estimate of drug-likeness (QED) is 0.235. The van der Waals surface area contributed by atoms with E-state index in [2.05, 4.69) is 15.3 Å². The Kier molecular flexibility index (Phi) is 5.79. The van der Waals surface area contributed by atoms with Gasteiger partial charge in [0.05, 0.1) is 10.5 Å². The van der Waals surface area contributed by atoms with Crippen molar-refractivity contribution in [3.63, 3.8) is 0 Å². The number of aryl methyl sites for hydroxylation is 1. The molecule has 0 amide bonds. The predicted molar refractivity (Wildman–Crippen MR) is 130 cm³/mol. The molecule has 2 aromatic carbocycles. The van der Waals surface area contributed by atoms with Crippen LogP contribution in [0, 0.1) is 17.0 Å². The molecule has 1 atom stereocenters. The van der Waals surface area contributed by atoms with Gasteiger partial charge in [-0.25, -0.2) is 4.98 Å². The number of nitro benzene ring substituents is 1. The van der Waals surface area contributed by atoms with Gasteiger partial charge in [-0.1, -0.05) is 53.7 Å². The second-order valence-corrected chi connectivity index (χ2v) is 9.45. The number of hydrogen-bond donors (Lipinski definition) is 2. The van der Waals surface area contributed by atoms with Gasteiger partial charge < -0.3 is 10.3 Å². The van der Waals surface area contributed by atoms with Gasteiger partial charge in [-0.2, -0.15) is 0 Å². The second kappa shape index (κ2) is 8.90. The fourth-order valence-electron chi connectivity index (χ4n) is 4.50. The molecular weight excluding hydrogens is 452 g/mol. The van der Waals surface area contributed by atoms with Crippen molar-refractivity contribution in [1.82, 2.24) is 9.97 Å². The van der Waals surface area contributed by atoms with Crippen LogP contribution >= 0.6 is 11.8 Å². The van der Waals surface area contributed by atoms with Crippen LogP contribution in [0.3, 0.4) is 0 Å². The zero-order valence-electron chi connectivity index (χ0n) is 18.5. The Labute approximate surface area is 199 Å². The first-order valence-electron chi connectivity index (χ1n) is 11.0. The first kappa shape index (κ1) is 22.1. The second-order valence-electron chi connectivity index (χ2n) is 8.49. The molecule has 1 aliphatic heterocycles. The summed E-state index contributed by atoms with van der Waals surface area (Å²) in [5.41, 5.74) is 3.95. The molecule has 0 fully saturated rings. The molecule has 1 unspecified atom stereocenters. The number of thioether (sulfide) groups is 1. The molecule has 2 N–H and O–H groups in total. The highest BCUT2D eigenvalue weighted by Crippen LogP contribution is 2.44. The summed E-state index contributed by atoms with van der Waals surface area (Å²) >= 11 is 1.42. The first-order valence-corrected chi connectivity index (χ1v) is 12.0. The van der Waals surface area contributed by atoms with Gasteiger partial charge in [0, 0.05) is 41.5 Å². The number of carbonyl (C=O) groups is 1. The number of H-pyrrole nitrogens is 1. The molecule has 8 nitrogen and oxygen atoms in total. The Morgan fingerprint density at radius 3 is 2.71 bits per heavy atom. The largest absolute Gasteiger partial charge is 0.343 e. The molecule has 1 aliphatic carbocycles. The summed E-state index contributed by atoms with van der Waals surface area (Å²) in [4.78, 5) is 44.7. The molecule has 2 aliphatic rings. The molecule has 5 rings (SSSR count). The average Bonchev–Trinajstić information content (AvgIpc) is 2.82. The standard InChI is InChI=1S/C25H22N4O4S/c1-14-8-10-15(11-9-14)13-34-25-27-23-22(24(31)28-25)20(16-4-2-5-17(12-16)29(32)33)21-18(26-23)6-3-7-19(21)30/h2,4-5,8-12,20H,3,6-7,13H2,1H3,(H2,26,27,28,31). The van der Waals surface area contributed by atoms with Crippen LogP contribution in [0.4, 0.5) is 11.5 Å². The summed E-state index contributed by atoms with van der Waals surface area (Å²) in [6.45, 7) is 2.03. The number of fused-ring (bicyclic) bond motifs is 1. The number of ketones is 1. The van der Waals surface area contributed by atoms with Gasteiger partial charge in [0.15, 0.2) is 10.9 Å². The van der Waals surface area contributed by atoms with Crippen LogP contribution in [0.25, 0.3) is 0 Å². The molecular formula is C25H22N4O4S. The van der Waals surface area contributed by atoms with E-state index in [1.807, 2.05) is 31.2 Å². The molecule has 1 aromatic heterocycles. The van der Waals surface area contributed by atoms with E-state index in [-0.39, 0.29) is 17.0 Å². The highest BCUT2D eigenvalue weighted by atomic mass is 32.2. The number of allylic oxidation sites excluding steroid dienone is 2. The number of aromatic amines is 1. The lowest BCUT2D eigenvalue weighted by atomic mass is 9.76. The van der Waals surface area contributed by atoms with Gasteiger partial charge >= 0.3 is 0 Å². The number of benzene rings is 2. The number of nitrogens with zero attached hydrogens (tertiary/aromatic N) is 2. The zero-order valence-corrected chi connectivity index (χ0v) is 19.3. The number of non-ortho nitro benzene ring substituents is 1. The predicted octanol–water partition coefficient (Wildman–Crippen LogP) is 4.84. The molecule has 2 heterocycles. The number of aromatic nitrogens is 2. The van der Waals surface area contributed by atoms with Crippen molar-refractivity contribution < 1.29 is 9.72 Å². The van der Waals surface area contributed by atoms with E-state index in [0.717, 1.165) is 11.3 Å². The van der Waals surface area contributed by atoms with E-state index in [0.29, 0.717) is 52.7 Å². The van der Waals surface area contributed by atoms with Crippen molar-refractivity contribution in [2.24, 2.45) is 0 Å². The van der Waals surface area contributed by atoms with E-state index in [1.165, 1.54) is 29.5 Å². The minimum Gasteiger partial charge on any atom is -0.343 e. The fraction of sp³-hybridized carbons (Fsp3) is 0.240. The lowest BCUT2D eigenvalue weighted by Gasteiger charge is -2.32. The molecule has 34 heavy (non-hydrogen) atoms. The van der Waals surface area contributed by atoms with Crippen molar-refractivity contribution in [1.29, 1.82) is 0 Å². The molecule has 9 heteroatoms. The molecule has 172 valence electrons. The summed E-state index contributed by atoms with van der Waals surface area (Å²) in [6.07, 6.45) is 1.75. The molecule has 0 radical (unpaired) electrons.